The Morgan fingerprint density at radius 3 is 2.48 bits per heavy atom. The lowest BCUT2D eigenvalue weighted by Gasteiger charge is -2.30. The number of hydrogen-bond donors (Lipinski definition) is 2. The van der Waals surface area contributed by atoms with E-state index < -0.39 is 0 Å². The Bertz CT molecular complexity index is 574. The van der Waals surface area contributed by atoms with Crippen LogP contribution in [0.5, 0.6) is 0 Å². The number of methoxy groups -OCH3 is 1. The van der Waals surface area contributed by atoms with Crippen molar-refractivity contribution < 1.29 is 4.74 Å². The lowest BCUT2D eigenvalue weighted by molar-refractivity contribution is 0.0268. The van der Waals surface area contributed by atoms with E-state index in [1.807, 2.05) is 0 Å². The van der Waals surface area contributed by atoms with E-state index in [-0.39, 0.29) is 29.6 Å². The average molecular weight is 488 g/mol. The normalized spacial score (nSPS) is 18.7. The zero-order valence-corrected chi connectivity index (χ0v) is 19.9. The van der Waals surface area contributed by atoms with Gasteiger partial charge in [-0.05, 0) is 50.3 Å². The predicted octanol–water partition coefficient (Wildman–Crippen LogP) is 3.63. The molecule has 1 aliphatic rings. The Labute approximate surface area is 182 Å². The second kappa shape index (κ2) is 11.9. The van der Waals surface area contributed by atoms with Crippen molar-refractivity contribution in [1.82, 2.24) is 15.5 Å². The SMILES string of the molecule is CN=C(NCc1ccc(CN2CCCC(C)C2)cc1)NCC(C)(C)OC.I. The van der Waals surface area contributed by atoms with Gasteiger partial charge in [0.1, 0.15) is 0 Å². The molecule has 0 aromatic heterocycles. The predicted molar refractivity (Wildman–Crippen MR) is 125 cm³/mol. The average Bonchev–Trinajstić information content (AvgIpc) is 2.63. The first-order valence-electron chi connectivity index (χ1n) is 9.71. The summed E-state index contributed by atoms with van der Waals surface area (Å²) in [5, 5.41) is 6.67. The van der Waals surface area contributed by atoms with E-state index in [0.29, 0.717) is 6.54 Å². The van der Waals surface area contributed by atoms with Gasteiger partial charge in [0.2, 0.25) is 0 Å². The van der Waals surface area contributed by atoms with Gasteiger partial charge in [0.05, 0.1) is 5.60 Å². The van der Waals surface area contributed by atoms with Crippen molar-refractivity contribution in [1.29, 1.82) is 0 Å². The van der Waals surface area contributed by atoms with Gasteiger partial charge in [0, 0.05) is 40.3 Å². The first-order chi connectivity index (χ1) is 12.4. The summed E-state index contributed by atoms with van der Waals surface area (Å²) < 4.78 is 5.43. The third-order valence-electron chi connectivity index (χ3n) is 5.09. The van der Waals surface area contributed by atoms with Crippen LogP contribution in [-0.4, -0.2) is 50.3 Å². The topological polar surface area (TPSA) is 48.9 Å². The molecule has 1 saturated heterocycles. The zero-order valence-electron chi connectivity index (χ0n) is 17.5. The smallest absolute Gasteiger partial charge is 0.191 e. The Balaban J connectivity index is 0.00000364. The van der Waals surface area contributed by atoms with Gasteiger partial charge in [-0.2, -0.15) is 0 Å². The molecule has 0 radical (unpaired) electrons. The van der Waals surface area contributed by atoms with E-state index in [0.717, 1.165) is 25.0 Å². The number of halogens is 1. The number of hydrogen-bond acceptors (Lipinski definition) is 3. The van der Waals surface area contributed by atoms with Gasteiger partial charge in [-0.15, -0.1) is 24.0 Å². The number of likely N-dealkylation sites (tertiary alicyclic amines) is 1. The molecule has 1 unspecified atom stereocenters. The lowest BCUT2D eigenvalue weighted by atomic mass is 9.99. The fourth-order valence-corrected chi connectivity index (χ4v) is 3.23. The van der Waals surface area contributed by atoms with Crippen molar-refractivity contribution >= 4 is 29.9 Å². The second-order valence-corrected chi connectivity index (χ2v) is 8.04. The zero-order chi connectivity index (χ0) is 19.0. The summed E-state index contributed by atoms with van der Waals surface area (Å²) in [6, 6.07) is 8.92. The molecule has 1 aromatic rings. The monoisotopic (exact) mass is 488 g/mol. The van der Waals surface area contributed by atoms with Crippen LogP contribution in [-0.2, 0) is 17.8 Å². The van der Waals surface area contributed by atoms with E-state index >= 15 is 0 Å². The molecule has 1 fully saturated rings. The fourth-order valence-electron chi connectivity index (χ4n) is 3.23. The Morgan fingerprint density at radius 2 is 1.89 bits per heavy atom. The van der Waals surface area contributed by atoms with Gasteiger partial charge in [-0.25, -0.2) is 0 Å². The Kier molecular flexibility index (Phi) is 10.6. The minimum Gasteiger partial charge on any atom is -0.377 e. The number of benzene rings is 1. The van der Waals surface area contributed by atoms with Crippen molar-refractivity contribution in [2.75, 3.05) is 33.8 Å². The number of nitrogens with zero attached hydrogens (tertiary/aromatic N) is 2. The van der Waals surface area contributed by atoms with E-state index in [1.165, 1.54) is 37.1 Å². The molecular formula is C21H37IN4O. The van der Waals surface area contributed by atoms with Crippen molar-refractivity contribution in [2.24, 2.45) is 10.9 Å². The molecule has 5 nitrogen and oxygen atoms in total. The quantitative estimate of drug-likeness (QED) is 0.350. The first-order valence-corrected chi connectivity index (χ1v) is 9.71. The molecule has 0 amide bonds. The summed E-state index contributed by atoms with van der Waals surface area (Å²) >= 11 is 0. The summed E-state index contributed by atoms with van der Waals surface area (Å²) in [6.07, 6.45) is 2.70. The minimum atomic E-state index is -0.217. The third-order valence-corrected chi connectivity index (χ3v) is 5.09. The van der Waals surface area contributed by atoms with Crippen LogP contribution in [0, 0.1) is 5.92 Å². The van der Waals surface area contributed by atoms with Crippen molar-refractivity contribution in [2.45, 2.75) is 52.3 Å². The van der Waals surface area contributed by atoms with Gasteiger partial charge in [0.15, 0.2) is 5.96 Å². The van der Waals surface area contributed by atoms with Crippen molar-refractivity contribution in [3.05, 3.63) is 35.4 Å². The van der Waals surface area contributed by atoms with E-state index in [4.69, 9.17) is 4.74 Å². The van der Waals surface area contributed by atoms with Crippen molar-refractivity contribution in [3.63, 3.8) is 0 Å². The van der Waals surface area contributed by atoms with Crippen LogP contribution in [0.4, 0.5) is 0 Å². The molecule has 1 atom stereocenters. The number of guanidine groups is 1. The molecule has 1 aromatic carbocycles. The maximum absolute atomic E-state index is 5.43. The first kappa shape index (κ1) is 24.2. The molecule has 1 aliphatic heterocycles. The van der Waals surface area contributed by atoms with Crippen molar-refractivity contribution in [3.8, 4) is 0 Å². The summed E-state index contributed by atoms with van der Waals surface area (Å²) in [6.45, 7) is 11.4. The molecule has 27 heavy (non-hydrogen) atoms. The van der Waals surface area contributed by atoms with Gasteiger partial charge < -0.3 is 15.4 Å². The van der Waals surface area contributed by atoms with Gasteiger partial charge >= 0.3 is 0 Å². The minimum absolute atomic E-state index is 0. The summed E-state index contributed by atoms with van der Waals surface area (Å²) in [7, 11) is 3.52. The highest BCUT2D eigenvalue weighted by molar-refractivity contribution is 14.0. The third kappa shape index (κ3) is 8.79. The molecule has 0 spiro atoms. The largest absolute Gasteiger partial charge is 0.377 e. The summed E-state index contributed by atoms with van der Waals surface area (Å²) in [4.78, 5) is 6.85. The number of rotatable bonds is 7. The van der Waals surface area contributed by atoms with E-state index in [2.05, 4.69) is 65.6 Å². The second-order valence-electron chi connectivity index (χ2n) is 8.04. The van der Waals surface area contributed by atoms with Crippen LogP contribution in [0.15, 0.2) is 29.3 Å². The number of piperidine rings is 1. The van der Waals surface area contributed by atoms with Gasteiger partial charge in [-0.1, -0.05) is 31.2 Å². The highest BCUT2D eigenvalue weighted by Crippen LogP contribution is 2.18. The molecular weight excluding hydrogens is 451 g/mol. The lowest BCUT2D eigenvalue weighted by Crippen LogP contribution is -2.45. The van der Waals surface area contributed by atoms with Crippen LogP contribution in [0.1, 0.15) is 44.7 Å². The number of aliphatic imine (C=N–C) groups is 1. The highest BCUT2D eigenvalue weighted by Gasteiger charge is 2.17. The van der Waals surface area contributed by atoms with Crippen LogP contribution < -0.4 is 10.6 Å². The van der Waals surface area contributed by atoms with Crippen LogP contribution in [0.2, 0.25) is 0 Å². The number of ether oxygens (including phenoxy) is 1. The Morgan fingerprint density at radius 1 is 1.22 bits per heavy atom. The van der Waals surface area contributed by atoms with Crippen LogP contribution in [0.25, 0.3) is 0 Å². The molecule has 0 saturated carbocycles. The maximum atomic E-state index is 5.43. The maximum Gasteiger partial charge on any atom is 0.191 e. The summed E-state index contributed by atoms with van der Waals surface area (Å²) in [5.41, 5.74) is 2.44. The summed E-state index contributed by atoms with van der Waals surface area (Å²) in [5.74, 6) is 1.62. The highest BCUT2D eigenvalue weighted by atomic mass is 127. The Hall–Kier alpha value is -0.860. The molecule has 6 heteroatoms. The number of nitrogens with one attached hydrogen (secondary N) is 2. The molecule has 2 rings (SSSR count). The van der Waals surface area contributed by atoms with Gasteiger partial charge in [-0.3, -0.25) is 9.89 Å². The van der Waals surface area contributed by atoms with Crippen LogP contribution >= 0.6 is 24.0 Å². The van der Waals surface area contributed by atoms with Gasteiger partial charge in [0.25, 0.3) is 0 Å². The molecule has 0 bridgehead atoms. The van der Waals surface area contributed by atoms with E-state index in [1.54, 1.807) is 14.2 Å². The molecule has 2 N–H and O–H groups in total. The molecule has 1 heterocycles. The van der Waals surface area contributed by atoms with Crippen LogP contribution in [0.3, 0.4) is 0 Å². The molecule has 154 valence electrons. The standard InChI is InChI=1S/C21H36N4O.HI/c1-17-7-6-12-25(14-17)15-19-10-8-18(9-11-19)13-23-20(22-4)24-16-21(2,3)26-5;/h8-11,17H,6-7,12-16H2,1-5H3,(H2,22,23,24);1H. The fraction of sp³-hybridized carbons (Fsp3) is 0.667. The van der Waals surface area contributed by atoms with E-state index in [9.17, 15) is 0 Å². The molecule has 0 aliphatic carbocycles.